The number of amides is 1. The number of ether oxygens (including phenoxy) is 1. The molecule has 0 saturated carbocycles. The monoisotopic (exact) mass is 293 g/mol. The van der Waals surface area contributed by atoms with Crippen LogP contribution in [0.5, 0.6) is 0 Å². The Hall–Kier alpha value is -1.89. The fraction of sp³-hybridized carbons (Fsp3) is 0.643. The molecule has 0 unspecified atom stereocenters. The van der Waals surface area contributed by atoms with E-state index in [1.807, 2.05) is 0 Å². The molecule has 1 fully saturated rings. The Balaban J connectivity index is 1.75. The van der Waals surface area contributed by atoms with Crippen molar-refractivity contribution in [3.63, 3.8) is 0 Å². The van der Waals surface area contributed by atoms with Crippen LogP contribution in [0.4, 0.5) is 0 Å². The van der Waals surface area contributed by atoms with Crippen molar-refractivity contribution in [3.05, 3.63) is 17.5 Å². The van der Waals surface area contributed by atoms with Crippen LogP contribution in [0.3, 0.4) is 0 Å². The third-order valence-corrected chi connectivity index (χ3v) is 4.00. The largest absolute Gasteiger partial charge is 0.476 e. The predicted octanol–water partition coefficient (Wildman–Crippen LogP) is 0.883. The molecule has 1 saturated heterocycles. The maximum Gasteiger partial charge on any atom is 0.356 e. The summed E-state index contributed by atoms with van der Waals surface area (Å²) in [5.74, 6) is -1.02. The topological polar surface area (TPSA) is 84.7 Å². The zero-order valence-electron chi connectivity index (χ0n) is 11.8. The molecule has 114 valence electrons. The molecule has 0 aromatic carbocycles. The first-order valence-corrected chi connectivity index (χ1v) is 7.35. The molecule has 0 radical (unpaired) electrons. The molecular formula is C14H19N3O4. The van der Waals surface area contributed by atoms with Crippen molar-refractivity contribution in [3.8, 4) is 0 Å². The van der Waals surface area contributed by atoms with E-state index in [0.717, 1.165) is 31.4 Å². The molecule has 1 atom stereocenters. The zero-order valence-corrected chi connectivity index (χ0v) is 11.8. The average Bonchev–Trinajstić information content (AvgIpc) is 2.80. The second-order valence-corrected chi connectivity index (χ2v) is 5.52. The van der Waals surface area contributed by atoms with Crippen LogP contribution in [0, 0.1) is 0 Å². The lowest BCUT2D eigenvalue weighted by Crippen LogP contribution is -2.41. The van der Waals surface area contributed by atoms with Crippen molar-refractivity contribution >= 4 is 11.9 Å². The number of hydrogen-bond donors (Lipinski definition) is 1. The van der Waals surface area contributed by atoms with Gasteiger partial charge in [-0.25, -0.2) is 4.79 Å². The van der Waals surface area contributed by atoms with Crippen molar-refractivity contribution < 1.29 is 19.4 Å². The first-order chi connectivity index (χ1) is 10.1. The number of hydrogen-bond acceptors (Lipinski definition) is 4. The van der Waals surface area contributed by atoms with Gasteiger partial charge < -0.3 is 14.7 Å². The van der Waals surface area contributed by atoms with E-state index < -0.39 is 5.97 Å². The average molecular weight is 293 g/mol. The number of nitrogens with zero attached hydrogens (tertiary/aromatic N) is 3. The molecule has 0 spiro atoms. The number of aromatic nitrogens is 2. The van der Waals surface area contributed by atoms with Gasteiger partial charge in [0, 0.05) is 19.7 Å². The van der Waals surface area contributed by atoms with E-state index in [1.54, 1.807) is 15.6 Å². The molecule has 1 amide bonds. The lowest BCUT2D eigenvalue weighted by atomic mass is 10.1. The fourth-order valence-corrected chi connectivity index (χ4v) is 2.89. The number of fused-ring (bicyclic) bond motifs is 1. The van der Waals surface area contributed by atoms with Crippen molar-refractivity contribution in [1.29, 1.82) is 0 Å². The van der Waals surface area contributed by atoms with Gasteiger partial charge in [-0.3, -0.25) is 9.48 Å². The normalized spacial score (nSPS) is 22.5. The minimum absolute atomic E-state index is 0.0150. The summed E-state index contributed by atoms with van der Waals surface area (Å²) < 4.78 is 7.25. The number of aromatic carboxylic acids is 1. The minimum atomic E-state index is -1.04. The van der Waals surface area contributed by atoms with Crippen molar-refractivity contribution in [2.45, 2.75) is 44.9 Å². The Kier molecular flexibility index (Phi) is 3.92. The van der Waals surface area contributed by atoms with Crippen LogP contribution in [0.2, 0.25) is 0 Å². The van der Waals surface area contributed by atoms with E-state index in [9.17, 15) is 9.59 Å². The second-order valence-electron chi connectivity index (χ2n) is 5.52. The van der Waals surface area contributed by atoms with E-state index >= 15 is 0 Å². The Morgan fingerprint density at radius 1 is 1.29 bits per heavy atom. The number of carboxylic acid groups (broad SMARTS) is 1. The smallest absolute Gasteiger partial charge is 0.356 e. The summed E-state index contributed by atoms with van der Waals surface area (Å²) in [4.78, 5) is 25.3. The maximum absolute atomic E-state index is 12.5. The van der Waals surface area contributed by atoms with Gasteiger partial charge in [0.15, 0.2) is 5.69 Å². The van der Waals surface area contributed by atoms with E-state index in [-0.39, 0.29) is 17.7 Å². The highest BCUT2D eigenvalue weighted by Gasteiger charge is 2.29. The predicted molar refractivity (Wildman–Crippen MR) is 72.8 cm³/mol. The standard InChI is InChI=1S/C14H19N3O4/c18-13(12-4-1-2-7-21-12)16-5-3-6-17-10(9-16)8-11(15-17)14(19)20/h8,12H,1-7,9H2,(H,19,20)/t12-/m0/s1. The van der Waals surface area contributed by atoms with E-state index in [1.165, 1.54) is 0 Å². The number of carbonyl (C=O) groups excluding carboxylic acids is 1. The van der Waals surface area contributed by atoms with Crippen LogP contribution in [0.15, 0.2) is 6.07 Å². The van der Waals surface area contributed by atoms with Gasteiger partial charge >= 0.3 is 5.97 Å². The highest BCUT2D eigenvalue weighted by atomic mass is 16.5. The number of aryl methyl sites for hydroxylation is 1. The molecule has 1 aromatic heterocycles. The molecule has 0 bridgehead atoms. The summed E-state index contributed by atoms with van der Waals surface area (Å²) in [5.41, 5.74) is 0.808. The van der Waals surface area contributed by atoms with Crippen LogP contribution in [0.25, 0.3) is 0 Å². The van der Waals surface area contributed by atoms with Gasteiger partial charge in [0.1, 0.15) is 6.10 Å². The molecule has 0 aliphatic carbocycles. The maximum atomic E-state index is 12.5. The van der Waals surface area contributed by atoms with Crippen LogP contribution in [0.1, 0.15) is 41.9 Å². The Morgan fingerprint density at radius 3 is 2.86 bits per heavy atom. The molecule has 2 aliphatic heterocycles. The molecule has 3 heterocycles. The summed E-state index contributed by atoms with van der Waals surface area (Å²) >= 11 is 0. The summed E-state index contributed by atoms with van der Waals surface area (Å²) in [6.07, 6.45) is 3.23. The summed E-state index contributed by atoms with van der Waals surface area (Å²) in [6.45, 7) is 2.34. The summed E-state index contributed by atoms with van der Waals surface area (Å²) in [5, 5.41) is 13.1. The van der Waals surface area contributed by atoms with E-state index in [4.69, 9.17) is 9.84 Å². The van der Waals surface area contributed by atoms with Crippen molar-refractivity contribution in [1.82, 2.24) is 14.7 Å². The SMILES string of the molecule is O=C(O)c1cc2n(n1)CCCN(C(=O)[C@@H]1CCCCO1)C2. The van der Waals surface area contributed by atoms with E-state index in [0.29, 0.717) is 26.2 Å². The third-order valence-electron chi connectivity index (χ3n) is 4.00. The van der Waals surface area contributed by atoms with E-state index in [2.05, 4.69) is 5.10 Å². The third kappa shape index (κ3) is 2.92. The quantitative estimate of drug-likeness (QED) is 0.875. The minimum Gasteiger partial charge on any atom is -0.476 e. The van der Waals surface area contributed by atoms with Crippen LogP contribution < -0.4 is 0 Å². The van der Waals surface area contributed by atoms with Crippen molar-refractivity contribution in [2.24, 2.45) is 0 Å². The Morgan fingerprint density at radius 2 is 2.14 bits per heavy atom. The first kappa shape index (κ1) is 14.1. The molecular weight excluding hydrogens is 274 g/mol. The van der Waals surface area contributed by atoms with Crippen molar-refractivity contribution in [2.75, 3.05) is 13.2 Å². The van der Waals surface area contributed by atoms with Gasteiger partial charge in [-0.1, -0.05) is 0 Å². The first-order valence-electron chi connectivity index (χ1n) is 7.35. The van der Waals surface area contributed by atoms with Crippen LogP contribution in [-0.2, 0) is 22.6 Å². The fourth-order valence-electron chi connectivity index (χ4n) is 2.89. The Bertz CT molecular complexity index is 548. The van der Waals surface area contributed by atoms with Gasteiger partial charge in [-0.15, -0.1) is 0 Å². The van der Waals surface area contributed by atoms with Gasteiger partial charge in [-0.05, 0) is 31.7 Å². The zero-order chi connectivity index (χ0) is 14.8. The van der Waals surface area contributed by atoms with Crippen LogP contribution in [-0.4, -0.2) is 50.9 Å². The number of carbonyl (C=O) groups is 2. The molecule has 7 nitrogen and oxygen atoms in total. The van der Waals surface area contributed by atoms with Gasteiger partial charge in [0.2, 0.25) is 0 Å². The lowest BCUT2D eigenvalue weighted by Gasteiger charge is -2.28. The highest BCUT2D eigenvalue weighted by molar-refractivity contribution is 5.85. The highest BCUT2D eigenvalue weighted by Crippen LogP contribution is 2.19. The van der Waals surface area contributed by atoms with Gasteiger partial charge in [0.25, 0.3) is 5.91 Å². The molecule has 7 heteroatoms. The number of rotatable bonds is 2. The van der Waals surface area contributed by atoms with Gasteiger partial charge in [-0.2, -0.15) is 5.10 Å². The summed E-state index contributed by atoms with van der Waals surface area (Å²) in [6, 6.07) is 1.55. The van der Waals surface area contributed by atoms with Gasteiger partial charge in [0.05, 0.1) is 12.2 Å². The molecule has 1 aromatic rings. The molecule has 2 aliphatic rings. The Labute approximate surface area is 122 Å². The second kappa shape index (κ2) is 5.85. The van der Waals surface area contributed by atoms with Crippen LogP contribution >= 0.6 is 0 Å². The number of carboxylic acids is 1. The summed E-state index contributed by atoms with van der Waals surface area (Å²) in [7, 11) is 0. The molecule has 21 heavy (non-hydrogen) atoms. The molecule has 3 rings (SSSR count). The molecule has 1 N–H and O–H groups in total. The lowest BCUT2D eigenvalue weighted by molar-refractivity contribution is -0.147.